The van der Waals surface area contributed by atoms with Crippen LogP contribution in [-0.4, -0.2) is 27.8 Å². The number of benzene rings is 2. The predicted octanol–water partition coefficient (Wildman–Crippen LogP) is 2.70. The molecular formula is C18H17N5O2S2. The summed E-state index contributed by atoms with van der Waals surface area (Å²) >= 11 is 2.64. The molecule has 0 radical (unpaired) electrons. The predicted molar refractivity (Wildman–Crippen MR) is 106 cm³/mol. The Kier molecular flexibility index (Phi) is 6.78. The van der Waals surface area contributed by atoms with Crippen LogP contribution in [0.1, 0.15) is 15.9 Å². The molecule has 0 spiro atoms. The van der Waals surface area contributed by atoms with Crippen molar-refractivity contribution in [2.24, 2.45) is 0 Å². The van der Waals surface area contributed by atoms with Gasteiger partial charge in [0.05, 0.1) is 5.75 Å². The van der Waals surface area contributed by atoms with Gasteiger partial charge in [-0.3, -0.25) is 20.4 Å². The number of hydrazine groups is 1. The van der Waals surface area contributed by atoms with Gasteiger partial charge in [0, 0.05) is 12.1 Å². The maximum atomic E-state index is 11.9. The van der Waals surface area contributed by atoms with Gasteiger partial charge in [0.15, 0.2) is 4.34 Å². The Morgan fingerprint density at radius 2 is 1.63 bits per heavy atom. The van der Waals surface area contributed by atoms with E-state index in [9.17, 15) is 9.59 Å². The highest BCUT2D eigenvalue weighted by Crippen LogP contribution is 2.25. The molecule has 0 unspecified atom stereocenters. The molecule has 7 nitrogen and oxygen atoms in total. The Hall–Kier alpha value is -2.91. The van der Waals surface area contributed by atoms with Gasteiger partial charge in [0.1, 0.15) is 0 Å². The molecule has 0 saturated carbocycles. The van der Waals surface area contributed by atoms with Crippen molar-refractivity contribution in [2.45, 2.75) is 10.9 Å². The van der Waals surface area contributed by atoms with Crippen LogP contribution < -0.4 is 16.2 Å². The Morgan fingerprint density at radius 3 is 2.37 bits per heavy atom. The SMILES string of the molecule is O=C(CSc1nnc(NCc2ccccc2)s1)NNC(=O)c1ccccc1. The molecule has 2 aromatic carbocycles. The van der Waals surface area contributed by atoms with Crippen molar-refractivity contribution >= 4 is 40.0 Å². The van der Waals surface area contributed by atoms with Crippen molar-refractivity contribution in [3.05, 3.63) is 71.8 Å². The summed E-state index contributed by atoms with van der Waals surface area (Å²) in [4.78, 5) is 23.7. The molecule has 0 atom stereocenters. The fourth-order valence-corrected chi connectivity index (χ4v) is 3.61. The molecule has 0 aliphatic heterocycles. The van der Waals surface area contributed by atoms with E-state index < -0.39 is 0 Å². The van der Waals surface area contributed by atoms with E-state index in [1.165, 1.54) is 23.1 Å². The Labute approximate surface area is 164 Å². The van der Waals surface area contributed by atoms with Crippen molar-refractivity contribution in [3.8, 4) is 0 Å². The highest BCUT2D eigenvalue weighted by Gasteiger charge is 2.10. The van der Waals surface area contributed by atoms with E-state index in [1.807, 2.05) is 36.4 Å². The number of aromatic nitrogens is 2. The highest BCUT2D eigenvalue weighted by molar-refractivity contribution is 8.01. The average molecular weight is 400 g/mol. The maximum Gasteiger partial charge on any atom is 0.269 e. The minimum atomic E-state index is -0.364. The molecule has 27 heavy (non-hydrogen) atoms. The van der Waals surface area contributed by atoms with Crippen LogP contribution in [0.4, 0.5) is 5.13 Å². The van der Waals surface area contributed by atoms with Gasteiger partial charge >= 0.3 is 0 Å². The molecule has 9 heteroatoms. The average Bonchev–Trinajstić information content (AvgIpc) is 3.18. The van der Waals surface area contributed by atoms with Crippen molar-refractivity contribution in [1.29, 1.82) is 0 Å². The molecule has 0 saturated heterocycles. The van der Waals surface area contributed by atoms with Crippen LogP contribution in [0.15, 0.2) is 65.0 Å². The topological polar surface area (TPSA) is 96.0 Å². The van der Waals surface area contributed by atoms with Gasteiger partial charge in [-0.15, -0.1) is 10.2 Å². The van der Waals surface area contributed by atoms with E-state index in [-0.39, 0.29) is 17.6 Å². The third-order valence-electron chi connectivity index (χ3n) is 3.37. The third kappa shape index (κ3) is 6.08. The van der Waals surface area contributed by atoms with Crippen molar-refractivity contribution < 1.29 is 9.59 Å². The Bertz CT molecular complexity index is 887. The maximum absolute atomic E-state index is 11.9. The summed E-state index contributed by atoms with van der Waals surface area (Å²) in [7, 11) is 0. The fraction of sp³-hybridized carbons (Fsp3) is 0.111. The second-order valence-electron chi connectivity index (χ2n) is 5.37. The lowest BCUT2D eigenvalue weighted by Gasteiger charge is -2.06. The third-order valence-corrected chi connectivity index (χ3v) is 5.39. The molecule has 0 bridgehead atoms. The summed E-state index contributed by atoms with van der Waals surface area (Å²) < 4.78 is 0.676. The van der Waals surface area contributed by atoms with Crippen LogP contribution in [0, 0.1) is 0 Å². The monoisotopic (exact) mass is 399 g/mol. The van der Waals surface area contributed by atoms with E-state index in [0.29, 0.717) is 21.6 Å². The van der Waals surface area contributed by atoms with E-state index >= 15 is 0 Å². The van der Waals surface area contributed by atoms with E-state index in [0.717, 1.165) is 5.56 Å². The zero-order chi connectivity index (χ0) is 18.9. The zero-order valence-corrected chi connectivity index (χ0v) is 15.8. The molecule has 3 N–H and O–H groups in total. The van der Waals surface area contributed by atoms with Gasteiger partial charge in [-0.05, 0) is 17.7 Å². The van der Waals surface area contributed by atoms with Gasteiger partial charge in [0.25, 0.3) is 5.91 Å². The number of nitrogens with zero attached hydrogens (tertiary/aromatic N) is 2. The molecule has 138 valence electrons. The number of thioether (sulfide) groups is 1. The fourth-order valence-electron chi connectivity index (χ4n) is 2.06. The molecule has 0 fully saturated rings. The standard InChI is InChI=1S/C18H17N5O2S2/c24-15(20-21-16(25)14-9-5-2-6-10-14)12-26-18-23-22-17(27-18)19-11-13-7-3-1-4-8-13/h1-10H,11-12H2,(H,19,22)(H,20,24)(H,21,25). The quantitative estimate of drug-likeness (QED) is 0.418. The first kappa shape index (κ1) is 18.9. The van der Waals surface area contributed by atoms with E-state index in [1.54, 1.807) is 24.3 Å². The first-order chi connectivity index (χ1) is 13.2. The molecule has 0 aliphatic carbocycles. The second kappa shape index (κ2) is 9.70. The second-order valence-corrected chi connectivity index (χ2v) is 7.57. The summed E-state index contributed by atoms with van der Waals surface area (Å²) in [6.07, 6.45) is 0. The minimum Gasteiger partial charge on any atom is -0.356 e. The smallest absolute Gasteiger partial charge is 0.269 e. The lowest BCUT2D eigenvalue weighted by molar-refractivity contribution is -0.119. The number of nitrogens with one attached hydrogen (secondary N) is 3. The lowest BCUT2D eigenvalue weighted by atomic mass is 10.2. The first-order valence-corrected chi connectivity index (χ1v) is 9.89. The van der Waals surface area contributed by atoms with E-state index in [2.05, 4.69) is 26.4 Å². The van der Waals surface area contributed by atoms with Crippen LogP contribution in [0.2, 0.25) is 0 Å². The summed E-state index contributed by atoms with van der Waals surface area (Å²) in [5.41, 5.74) is 6.39. The summed E-state index contributed by atoms with van der Waals surface area (Å²) in [5.74, 6) is -0.557. The number of hydrogen-bond donors (Lipinski definition) is 3. The van der Waals surface area contributed by atoms with Gasteiger partial charge in [-0.1, -0.05) is 71.6 Å². The molecule has 3 aromatic rings. The summed E-state index contributed by atoms with van der Waals surface area (Å²) in [6.45, 7) is 0.659. The molecule has 2 amide bonds. The zero-order valence-electron chi connectivity index (χ0n) is 14.2. The first-order valence-electron chi connectivity index (χ1n) is 8.09. The van der Waals surface area contributed by atoms with Gasteiger partial charge in [-0.2, -0.15) is 0 Å². The van der Waals surface area contributed by atoms with Crippen LogP contribution >= 0.6 is 23.1 Å². The van der Waals surface area contributed by atoms with Gasteiger partial charge in [0.2, 0.25) is 11.0 Å². The summed E-state index contributed by atoms with van der Waals surface area (Å²) in [5, 5.41) is 12.0. The van der Waals surface area contributed by atoms with Crippen LogP contribution in [0.25, 0.3) is 0 Å². The number of carbonyl (C=O) groups excluding carboxylic acids is 2. The number of hydrogen-bond acceptors (Lipinski definition) is 7. The summed E-state index contributed by atoms with van der Waals surface area (Å²) in [6, 6.07) is 18.6. The van der Waals surface area contributed by atoms with Crippen molar-refractivity contribution in [1.82, 2.24) is 21.0 Å². The molecule has 3 rings (SSSR count). The Balaban J connectivity index is 1.39. The normalized spacial score (nSPS) is 10.2. The number of amides is 2. The van der Waals surface area contributed by atoms with Gasteiger partial charge in [-0.25, -0.2) is 0 Å². The van der Waals surface area contributed by atoms with Crippen LogP contribution in [0.5, 0.6) is 0 Å². The van der Waals surface area contributed by atoms with E-state index in [4.69, 9.17) is 0 Å². The van der Waals surface area contributed by atoms with Crippen molar-refractivity contribution in [3.63, 3.8) is 0 Å². The Morgan fingerprint density at radius 1 is 0.926 bits per heavy atom. The number of carbonyl (C=O) groups is 2. The van der Waals surface area contributed by atoms with Gasteiger partial charge < -0.3 is 5.32 Å². The van der Waals surface area contributed by atoms with Crippen LogP contribution in [0.3, 0.4) is 0 Å². The molecule has 1 heterocycles. The number of anilines is 1. The van der Waals surface area contributed by atoms with Crippen molar-refractivity contribution in [2.75, 3.05) is 11.1 Å². The van der Waals surface area contributed by atoms with Crippen LogP contribution in [-0.2, 0) is 11.3 Å². The molecule has 0 aliphatic rings. The minimum absolute atomic E-state index is 0.127. The highest BCUT2D eigenvalue weighted by atomic mass is 32.2. The lowest BCUT2D eigenvalue weighted by Crippen LogP contribution is -2.42. The molecule has 1 aromatic heterocycles. The number of rotatable bonds is 7. The largest absolute Gasteiger partial charge is 0.356 e. The molecular weight excluding hydrogens is 382 g/mol.